The van der Waals surface area contributed by atoms with E-state index in [1.165, 1.54) is 0 Å². The lowest BCUT2D eigenvalue weighted by Crippen LogP contribution is -1.93. The molecule has 0 unspecified atom stereocenters. The molecule has 0 aliphatic heterocycles. The average Bonchev–Trinajstić information content (AvgIpc) is 1.85. The van der Waals surface area contributed by atoms with Crippen molar-refractivity contribution in [3.8, 4) is 0 Å². The largest absolute Gasteiger partial charge is 0.303 e. The van der Waals surface area contributed by atoms with Gasteiger partial charge in [0.25, 0.3) is 0 Å². The van der Waals surface area contributed by atoms with E-state index in [0.717, 1.165) is 12.7 Å². The lowest BCUT2D eigenvalue weighted by Gasteiger charge is -2.04. The lowest BCUT2D eigenvalue weighted by molar-refractivity contribution is -0.107. The predicted molar refractivity (Wildman–Crippen MR) is 45.9 cm³/mol. The number of rotatable bonds is 5. The molecule has 54 valence electrons. The highest BCUT2D eigenvalue weighted by molar-refractivity contribution is 8.76. The fourth-order valence-electron chi connectivity index (χ4n) is 0.515. The smallest absolute Gasteiger partial charge is 0.120 e. The molecule has 1 atom stereocenters. The minimum absolute atomic E-state index is 0.616. The molecule has 0 aliphatic carbocycles. The van der Waals surface area contributed by atoms with E-state index < -0.39 is 0 Å². The summed E-state index contributed by atoms with van der Waals surface area (Å²) in [6, 6.07) is 0. The van der Waals surface area contributed by atoms with E-state index in [1.54, 1.807) is 10.8 Å². The Balaban J connectivity index is 3.04. The first kappa shape index (κ1) is 9.37. The van der Waals surface area contributed by atoms with Crippen molar-refractivity contribution in [1.29, 1.82) is 0 Å². The van der Waals surface area contributed by atoms with Crippen LogP contribution in [-0.4, -0.2) is 17.8 Å². The van der Waals surface area contributed by atoms with E-state index in [2.05, 4.69) is 13.2 Å². The minimum Gasteiger partial charge on any atom is -0.303 e. The second kappa shape index (κ2) is 6.49. The number of hydrogen-bond donors (Lipinski definition) is 0. The lowest BCUT2D eigenvalue weighted by atomic mass is 10.3. The number of aldehydes is 1. The Bertz CT molecular complexity index is 75.5. The van der Waals surface area contributed by atoms with Gasteiger partial charge < -0.3 is 4.79 Å². The van der Waals surface area contributed by atoms with Crippen molar-refractivity contribution in [2.24, 2.45) is 0 Å². The standard InChI is InChI=1S/C6H12OS2/c1-6(9-8-2)4-3-5-7/h5-6H,3-4H2,1-2H3/t6-/m0/s1. The molecule has 0 radical (unpaired) electrons. The molecule has 0 N–H and O–H groups in total. The molecule has 0 aromatic rings. The first-order chi connectivity index (χ1) is 4.31. The zero-order valence-corrected chi connectivity index (χ0v) is 7.43. The molecule has 0 aliphatic rings. The maximum absolute atomic E-state index is 9.90. The molecule has 0 heterocycles. The van der Waals surface area contributed by atoms with Crippen molar-refractivity contribution in [2.45, 2.75) is 25.0 Å². The summed E-state index contributed by atoms with van der Waals surface area (Å²) in [7, 11) is 3.59. The molecule has 0 saturated carbocycles. The summed E-state index contributed by atoms with van der Waals surface area (Å²) in [6.45, 7) is 2.14. The molecule has 0 bridgehead atoms. The summed E-state index contributed by atoms with van der Waals surface area (Å²) in [5.74, 6) is 0. The highest BCUT2D eigenvalue weighted by atomic mass is 33.1. The Morgan fingerprint density at radius 1 is 1.67 bits per heavy atom. The molecule has 0 spiro atoms. The Labute approximate surface area is 64.4 Å². The van der Waals surface area contributed by atoms with E-state index in [4.69, 9.17) is 0 Å². The quantitative estimate of drug-likeness (QED) is 0.458. The van der Waals surface area contributed by atoms with Crippen LogP contribution < -0.4 is 0 Å². The van der Waals surface area contributed by atoms with Crippen molar-refractivity contribution in [3.05, 3.63) is 0 Å². The molecule has 0 saturated heterocycles. The molecule has 9 heavy (non-hydrogen) atoms. The summed E-state index contributed by atoms with van der Waals surface area (Å²) in [6.07, 6.45) is 4.75. The van der Waals surface area contributed by atoms with E-state index in [9.17, 15) is 4.79 Å². The summed E-state index contributed by atoms with van der Waals surface area (Å²) < 4.78 is 0. The molecular weight excluding hydrogens is 152 g/mol. The van der Waals surface area contributed by atoms with Gasteiger partial charge in [-0.1, -0.05) is 28.5 Å². The van der Waals surface area contributed by atoms with Gasteiger partial charge in [-0.2, -0.15) is 0 Å². The van der Waals surface area contributed by atoms with E-state index in [1.807, 2.05) is 10.8 Å². The molecule has 0 aromatic heterocycles. The fraction of sp³-hybridized carbons (Fsp3) is 0.833. The van der Waals surface area contributed by atoms with Crippen LogP contribution in [0.5, 0.6) is 0 Å². The van der Waals surface area contributed by atoms with Crippen molar-refractivity contribution in [2.75, 3.05) is 6.26 Å². The summed E-state index contributed by atoms with van der Waals surface area (Å²) in [5.41, 5.74) is 0. The Morgan fingerprint density at radius 2 is 2.33 bits per heavy atom. The highest BCUT2D eigenvalue weighted by Gasteiger charge is 1.98. The third-order valence-electron chi connectivity index (χ3n) is 0.952. The summed E-state index contributed by atoms with van der Waals surface area (Å²) in [4.78, 5) is 9.90. The fourth-order valence-corrected chi connectivity index (χ4v) is 2.35. The van der Waals surface area contributed by atoms with Gasteiger partial charge in [-0.25, -0.2) is 0 Å². The third kappa shape index (κ3) is 6.25. The average molecular weight is 164 g/mol. The van der Waals surface area contributed by atoms with Gasteiger partial charge in [0, 0.05) is 11.7 Å². The van der Waals surface area contributed by atoms with Crippen LogP contribution in [0.4, 0.5) is 0 Å². The molecular formula is C6H12OS2. The van der Waals surface area contributed by atoms with Crippen molar-refractivity contribution in [1.82, 2.24) is 0 Å². The second-order valence-electron chi connectivity index (χ2n) is 1.82. The molecule has 3 heteroatoms. The van der Waals surface area contributed by atoms with Crippen LogP contribution in [-0.2, 0) is 4.79 Å². The normalized spacial score (nSPS) is 13.1. The van der Waals surface area contributed by atoms with Crippen LogP contribution >= 0.6 is 21.6 Å². The van der Waals surface area contributed by atoms with Crippen LogP contribution in [0.2, 0.25) is 0 Å². The van der Waals surface area contributed by atoms with Gasteiger partial charge >= 0.3 is 0 Å². The Hall–Kier alpha value is 0.370. The van der Waals surface area contributed by atoms with Gasteiger partial charge in [0.15, 0.2) is 0 Å². The molecule has 0 aromatic carbocycles. The molecule has 0 rings (SSSR count). The molecule has 1 nitrogen and oxygen atoms in total. The second-order valence-corrected chi connectivity index (χ2v) is 4.73. The third-order valence-corrected chi connectivity index (χ3v) is 3.27. The van der Waals surface area contributed by atoms with Gasteiger partial charge in [0.1, 0.15) is 6.29 Å². The minimum atomic E-state index is 0.616. The Morgan fingerprint density at radius 3 is 2.78 bits per heavy atom. The van der Waals surface area contributed by atoms with E-state index in [0.29, 0.717) is 11.7 Å². The predicted octanol–water partition coefficient (Wildman–Crippen LogP) is 2.37. The monoisotopic (exact) mass is 164 g/mol. The van der Waals surface area contributed by atoms with Crippen LogP contribution in [0.15, 0.2) is 0 Å². The van der Waals surface area contributed by atoms with Crippen LogP contribution in [0, 0.1) is 0 Å². The van der Waals surface area contributed by atoms with Gasteiger partial charge in [0.05, 0.1) is 0 Å². The van der Waals surface area contributed by atoms with Crippen molar-refractivity contribution >= 4 is 27.9 Å². The highest BCUT2D eigenvalue weighted by Crippen LogP contribution is 2.25. The summed E-state index contributed by atoms with van der Waals surface area (Å²) in [5, 5.41) is 0.616. The van der Waals surface area contributed by atoms with Gasteiger partial charge in [-0.05, 0) is 12.7 Å². The number of carbonyl (C=O) groups is 1. The van der Waals surface area contributed by atoms with Gasteiger partial charge in [0.2, 0.25) is 0 Å². The zero-order valence-electron chi connectivity index (χ0n) is 5.79. The number of hydrogen-bond acceptors (Lipinski definition) is 3. The first-order valence-corrected chi connectivity index (χ1v) is 5.56. The van der Waals surface area contributed by atoms with Crippen LogP contribution in [0.3, 0.4) is 0 Å². The SMILES string of the molecule is CSS[C@@H](C)CCC=O. The molecule has 0 fully saturated rings. The maximum atomic E-state index is 9.90. The molecule has 0 amide bonds. The zero-order chi connectivity index (χ0) is 7.11. The van der Waals surface area contributed by atoms with Crippen molar-refractivity contribution < 1.29 is 4.79 Å². The van der Waals surface area contributed by atoms with E-state index >= 15 is 0 Å². The first-order valence-electron chi connectivity index (χ1n) is 2.94. The Kier molecular flexibility index (Phi) is 6.76. The van der Waals surface area contributed by atoms with Gasteiger partial charge in [-0.15, -0.1) is 0 Å². The maximum Gasteiger partial charge on any atom is 0.120 e. The number of carbonyl (C=O) groups excluding carboxylic acids is 1. The van der Waals surface area contributed by atoms with Crippen LogP contribution in [0.1, 0.15) is 19.8 Å². The van der Waals surface area contributed by atoms with Crippen molar-refractivity contribution in [3.63, 3.8) is 0 Å². The van der Waals surface area contributed by atoms with E-state index in [-0.39, 0.29) is 0 Å². The summed E-state index contributed by atoms with van der Waals surface area (Å²) >= 11 is 0. The topological polar surface area (TPSA) is 17.1 Å². The van der Waals surface area contributed by atoms with Crippen LogP contribution in [0.25, 0.3) is 0 Å². The van der Waals surface area contributed by atoms with Gasteiger partial charge in [-0.3, -0.25) is 0 Å².